The fraction of sp³-hybridized carbons (Fsp3) is 0.500. The van der Waals surface area contributed by atoms with E-state index in [4.69, 9.17) is 5.11 Å². The largest absolute Gasteiger partial charge is 0.465 e. The third kappa shape index (κ3) is 4.71. The van der Waals surface area contributed by atoms with Crippen LogP contribution in [-0.4, -0.2) is 64.6 Å². The summed E-state index contributed by atoms with van der Waals surface area (Å²) in [5.74, 6) is 0.481. The monoisotopic (exact) mass is 292 g/mol. The summed E-state index contributed by atoms with van der Waals surface area (Å²) in [7, 11) is 0. The molecule has 114 valence electrons. The van der Waals surface area contributed by atoms with Gasteiger partial charge in [-0.15, -0.1) is 0 Å². The Hall–Kier alpha value is -2.15. The van der Waals surface area contributed by atoms with E-state index in [1.54, 1.807) is 19.2 Å². The summed E-state index contributed by atoms with van der Waals surface area (Å²) in [5.41, 5.74) is 1.04. The van der Waals surface area contributed by atoms with E-state index in [-0.39, 0.29) is 5.91 Å². The van der Waals surface area contributed by atoms with Gasteiger partial charge in [0, 0.05) is 45.8 Å². The van der Waals surface area contributed by atoms with Crippen molar-refractivity contribution in [1.82, 2.24) is 14.8 Å². The van der Waals surface area contributed by atoms with Crippen molar-refractivity contribution in [2.75, 3.05) is 38.0 Å². The van der Waals surface area contributed by atoms with E-state index in [1.807, 2.05) is 11.0 Å². The molecule has 1 saturated heterocycles. The first-order valence-corrected chi connectivity index (χ1v) is 6.97. The van der Waals surface area contributed by atoms with E-state index in [1.165, 1.54) is 0 Å². The number of nitrogens with zero attached hydrogens (tertiary/aromatic N) is 3. The number of hydrogen-bond acceptors (Lipinski definition) is 4. The van der Waals surface area contributed by atoms with Crippen LogP contribution in [-0.2, 0) is 11.2 Å². The number of aromatic nitrogens is 1. The maximum absolute atomic E-state index is 11.3. The molecule has 2 heterocycles. The lowest BCUT2D eigenvalue weighted by molar-refractivity contribution is -0.130. The van der Waals surface area contributed by atoms with Gasteiger partial charge in [0.05, 0.1) is 0 Å². The molecule has 0 saturated carbocycles. The Morgan fingerprint density at radius 1 is 1.33 bits per heavy atom. The second-order valence-corrected chi connectivity index (χ2v) is 5.08. The van der Waals surface area contributed by atoms with Crippen molar-refractivity contribution in [3.05, 3.63) is 23.9 Å². The van der Waals surface area contributed by atoms with E-state index < -0.39 is 6.09 Å². The van der Waals surface area contributed by atoms with Gasteiger partial charge >= 0.3 is 6.09 Å². The fourth-order valence-electron chi connectivity index (χ4n) is 2.38. The van der Waals surface area contributed by atoms with Crippen molar-refractivity contribution >= 4 is 17.8 Å². The molecule has 1 aliphatic rings. The first-order valence-electron chi connectivity index (χ1n) is 6.97. The molecule has 1 aromatic heterocycles. The van der Waals surface area contributed by atoms with Crippen molar-refractivity contribution in [2.45, 2.75) is 13.3 Å². The summed E-state index contributed by atoms with van der Waals surface area (Å²) >= 11 is 0. The van der Waals surface area contributed by atoms with Crippen molar-refractivity contribution in [1.29, 1.82) is 0 Å². The minimum atomic E-state index is -1.11. The normalized spacial score (nSPS) is 15.8. The lowest BCUT2D eigenvalue weighted by Gasteiger charge is -2.34. The highest BCUT2D eigenvalue weighted by atomic mass is 16.4. The van der Waals surface area contributed by atoms with Crippen LogP contribution >= 0.6 is 0 Å². The van der Waals surface area contributed by atoms with Crippen molar-refractivity contribution < 1.29 is 14.7 Å². The number of piperazine rings is 1. The van der Waals surface area contributed by atoms with Crippen LogP contribution in [0.4, 0.5) is 10.6 Å². The van der Waals surface area contributed by atoms with Gasteiger partial charge in [0.25, 0.3) is 0 Å². The molecule has 2 amide bonds. The molecule has 1 aliphatic heterocycles. The lowest BCUT2D eigenvalue weighted by atomic mass is 10.1. The predicted octanol–water partition coefficient (Wildman–Crippen LogP) is 0.878. The average Bonchev–Trinajstić information content (AvgIpc) is 2.45. The Balaban J connectivity index is 1.81. The topological polar surface area (TPSA) is 85.8 Å². The summed E-state index contributed by atoms with van der Waals surface area (Å²) in [6.45, 7) is 5.80. The molecular weight excluding hydrogens is 272 g/mol. The summed E-state index contributed by atoms with van der Waals surface area (Å²) < 4.78 is 0. The van der Waals surface area contributed by atoms with Crippen LogP contribution in [0.5, 0.6) is 0 Å². The number of amides is 2. The molecule has 21 heavy (non-hydrogen) atoms. The van der Waals surface area contributed by atoms with Gasteiger partial charge in [-0.25, -0.2) is 9.78 Å². The Morgan fingerprint density at radius 3 is 2.67 bits per heavy atom. The van der Waals surface area contributed by atoms with Gasteiger partial charge < -0.3 is 10.0 Å². The van der Waals surface area contributed by atoms with E-state index in [9.17, 15) is 9.59 Å². The molecule has 0 spiro atoms. The van der Waals surface area contributed by atoms with Gasteiger partial charge in [0.15, 0.2) is 0 Å². The standard InChI is InChI=1S/C14H20N4O3/c1-11(19)18-8-6-17(7-9-18)5-3-12-2-4-15-13(10-12)16-14(20)21/h2,4,10H,3,5-9H2,1H3,(H,15,16)(H,20,21). The molecule has 0 radical (unpaired) electrons. The molecule has 1 aromatic rings. The molecule has 0 aliphatic carbocycles. The smallest absolute Gasteiger partial charge is 0.410 e. The second-order valence-electron chi connectivity index (χ2n) is 5.08. The molecule has 0 unspecified atom stereocenters. The van der Waals surface area contributed by atoms with Gasteiger partial charge in [-0.2, -0.15) is 0 Å². The first-order chi connectivity index (χ1) is 10.0. The number of rotatable bonds is 4. The minimum Gasteiger partial charge on any atom is -0.465 e. The molecule has 0 aromatic carbocycles. The zero-order valence-corrected chi connectivity index (χ0v) is 12.1. The quantitative estimate of drug-likeness (QED) is 0.860. The molecule has 7 heteroatoms. The molecule has 7 nitrogen and oxygen atoms in total. The molecule has 1 fully saturated rings. The van der Waals surface area contributed by atoms with E-state index in [2.05, 4.69) is 15.2 Å². The fourth-order valence-corrected chi connectivity index (χ4v) is 2.38. The van der Waals surface area contributed by atoms with Crippen molar-refractivity contribution in [3.63, 3.8) is 0 Å². The summed E-state index contributed by atoms with van der Waals surface area (Å²) in [6.07, 6.45) is 1.32. The van der Waals surface area contributed by atoms with Gasteiger partial charge in [-0.05, 0) is 24.1 Å². The number of hydrogen-bond donors (Lipinski definition) is 2. The van der Waals surface area contributed by atoms with Gasteiger partial charge in [-0.1, -0.05) is 0 Å². The zero-order chi connectivity index (χ0) is 15.2. The zero-order valence-electron chi connectivity index (χ0n) is 12.1. The van der Waals surface area contributed by atoms with Crippen molar-refractivity contribution in [2.24, 2.45) is 0 Å². The summed E-state index contributed by atoms with van der Waals surface area (Å²) in [6, 6.07) is 3.64. The SMILES string of the molecule is CC(=O)N1CCN(CCc2ccnc(NC(=O)O)c2)CC1. The van der Waals surface area contributed by atoms with Crippen LogP contribution in [0.2, 0.25) is 0 Å². The van der Waals surface area contributed by atoms with E-state index in [0.717, 1.165) is 44.7 Å². The van der Waals surface area contributed by atoms with Gasteiger partial charge in [0.2, 0.25) is 5.91 Å². The van der Waals surface area contributed by atoms with Crippen LogP contribution in [0.15, 0.2) is 18.3 Å². The molecule has 2 rings (SSSR count). The molecule has 0 bridgehead atoms. The highest BCUT2D eigenvalue weighted by Crippen LogP contribution is 2.09. The van der Waals surface area contributed by atoms with Crippen LogP contribution in [0.25, 0.3) is 0 Å². The van der Waals surface area contributed by atoms with Crippen LogP contribution in [0, 0.1) is 0 Å². The number of carbonyl (C=O) groups excluding carboxylic acids is 1. The van der Waals surface area contributed by atoms with Gasteiger partial charge in [0.1, 0.15) is 5.82 Å². The number of anilines is 1. The number of nitrogens with one attached hydrogen (secondary N) is 1. The minimum absolute atomic E-state index is 0.133. The molecule has 0 atom stereocenters. The Bertz CT molecular complexity index is 513. The number of pyridine rings is 1. The first kappa shape index (κ1) is 15.2. The van der Waals surface area contributed by atoms with Crippen LogP contribution in [0.3, 0.4) is 0 Å². The van der Waals surface area contributed by atoms with Crippen molar-refractivity contribution in [3.8, 4) is 0 Å². The van der Waals surface area contributed by atoms with Gasteiger partial charge in [-0.3, -0.25) is 15.0 Å². The van der Waals surface area contributed by atoms with E-state index in [0.29, 0.717) is 5.82 Å². The maximum atomic E-state index is 11.3. The highest BCUT2D eigenvalue weighted by molar-refractivity contribution is 5.81. The summed E-state index contributed by atoms with van der Waals surface area (Å²) in [5, 5.41) is 10.9. The second kappa shape index (κ2) is 7.03. The lowest BCUT2D eigenvalue weighted by Crippen LogP contribution is -2.48. The molecule has 2 N–H and O–H groups in total. The number of carbonyl (C=O) groups is 2. The Kier molecular flexibility index (Phi) is 5.10. The Morgan fingerprint density at radius 2 is 2.05 bits per heavy atom. The van der Waals surface area contributed by atoms with Crippen LogP contribution in [0.1, 0.15) is 12.5 Å². The Labute approximate surface area is 123 Å². The third-order valence-electron chi connectivity index (χ3n) is 3.59. The predicted molar refractivity (Wildman–Crippen MR) is 78.3 cm³/mol. The highest BCUT2D eigenvalue weighted by Gasteiger charge is 2.18. The maximum Gasteiger partial charge on any atom is 0.410 e. The summed E-state index contributed by atoms with van der Waals surface area (Å²) in [4.78, 5) is 30.0. The average molecular weight is 292 g/mol. The third-order valence-corrected chi connectivity index (χ3v) is 3.59. The number of carboxylic acid groups (broad SMARTS) is 1. The molecular formula is C14H20N4O3. The van der Waals surface area contributed by atoms with Crippen LogP contribution < -0.4 is 5.32 Å². The van der Waals surface area contributed by atoms with E-state index >= 15 is 0 Å².